The predicted molar refractivity (Wildman–Crippen MR) is 76.1 cm³/mol. The van der Waals surface area contributed by atoms with Crippen molar-refractivity contribution in [2.45, 2.75) is 31.2 Å². The number of likely N-dealkylation sites (tertiary alicyclic amines) is 1. The van der Waals surface area contributed by atoms with Gasteiger partial charge in [-0.05, 0) is 42.9 Å². The largest absolute Gasteiger partial charge is 0.338 e. The number of benzene rings is 1. The molecule has 3 atom stereocenters. The molecular formula is C15H19ClN2O. The second kappa shape index (κ2) is 5.14. The smallest absolute Gasteiger partial charge is 0.226 e. The van der Waals surface area contributed by atoms with Gasteiger partial charge in [0.05, 0.1) is 0 Å². The molecule has 0 bridgehead atoms. The summed E-state index contributed by atoms with van der Waals surface area (Å²) in [5, 5.41) is 0.747. The van der Waals surface area contributed by atoms with Crippen LogP contribution in [0.15, 0.2) is 24.3 Å². The molecule has 2 fully saturated rings. The molecule has 3 nitrogen and oxygen atoms in total. The van der Waals surface area contributed by atoms with E-state index in [9.17, 15) is 4.79 Å². The van der Waals surface area contributed by atoms with Gasteiger partial charge >= 0.3 is 0 Å². The lowest BCUT2D eigenvalue weighted by Gasteiger charge is -2.23. The van der Waals surface area contributed by atoms with E-state index in [-0.39, 0.29) is 17.9 Å². The third-order valence-corrected chi connectivity index (χ3v) is 4.55. The summed E-state index contributed by atoms with van der Waals surface area (Å²) in [6.45, 7) is 1.46. The number of amides is 1. The minimum Gasteiger partial charge on any atom is -0.338 e. The summed E-state index contributed by atoms with van der Waals surface area (Å²) in [6.07, 6.45) is 3.09. The molecule has 0 spiro atoms. The molecule has 2 aliphatic rings. The molecule has 1 heterocycles. The molecule has 2 N–H and O–H groups in total. The average molecular weight is 279 g/mol. The van der Waals surface area contributed by atoms with Gasteiger partial charge in [0, 0.05) is 30.1 Å². The lowest BCUT2D eigenvalue weighted by atomic mass is 10.1. The number of nitrogens with two attached hydrogens (primary N) is 1. The Kier molecular flexibility index (Phi) is 3.50. The van der Waals surface area contributed by atoms with Gasteiger partial charge in [0.2, 0.25) is 5.91 Å². The fourth-order valence-corrected chi connectivity index (χ4v) is 3.36. The Balaban J connectivity index is 1.68. The third kappa shape index (κ3) is 2.49. The van der Waals surface area contributed by atoms with E-state index in [1.54, 1.807) is 0 Å². The van der Waals surface area contributed by atoms with E-state index >= 15 is 0 Å². The van der Waals surface area contributed by atoms with E-state index in [2.05, 4.69) is 6.07 Å². The van der Waals surface area contributed by atoms with Crippen molar-refractivity contribution in [3.63, 3.8) is 0 Å². The number of hydrogen-bond donors (Lipinski definition) is 1. The Hall–Kier alpha value is -1.06. The van der Waals surface area contributed by atoms with Crippen LogP contribution in [-0.2, 0) is 4.79 Å². The van der Waals surface area contributed by atoms with Crippen molar-refractivity contribution in [3.8, 4) is 0 Å². The first-order valence-electron chi connectivity index (χ1n) is 6.96. The molecule has 0 aromatic heterocycles. The first-order chi connectivity index (χ1) is 9.20. The summed E-state index contributed by atoms with van der Waals surface area (Å²) >= 11 is 6.00. The van der Waals surface area contributed by atoms with E-state index in [1.807, 2.05) is 23.1 Å². The van der Waals surface area contributed by atoms with E-state index in [0.717, 1.165) is 30.8 Å². The number of nitrogens with zero attached hydrogens (tertiary/aromatic N) is 1. The maximum Gasteiger partial charge on any atom is 0.226 e. The summed E-state index contributed by atoms with van der Waals surface area (Å²) in [6, 6.07) is 8.12. The zero-order chi connectivity index (χ0) is 13.4. The van der Waals surface area contributed by atoms with Crippen LogP contribution in [0.2, 0.25) is 5.02 Å². The zero-order valence-corrected chi connectivity index (χ0v) is 11.6. The molecule has 3 unspecified atom stereocenters. The van der Waals surface area contributed by atoms with Gasteiger partial charge in [0.15, 0.2) is 0 Å². The summed E-state index contributed by atoms with van der Waals surface area (Å²) in [4.78, 5) is 14.5. The highest BCUT2D eigenvalue weighted by atomic mass is 35.5. The molecule has 1 saturated heterocycles. The zero-order valence-electron chi connectivity index (χ0n) is 10.9. The van der Waals surface area contributed by atoms with Crippen molar-refractivity contribution in [2.75, 3.05) is 13.1 Å². The van der Waals surface area contributed by atoms with Crippen molar-refractivity contribution >= 4 is 17.5 Å². The fourth-order valence-electron chi connectivity index (χ4n) is 3.16. The van der Waals surface area contributed by atoms with Gasteiger partial charge in [-0.1, -0.05) is 23.7 Å². The van der Waals surface area contributed by atoms with Crippen LogP contribution in [0, 0.1) is 5.92 Å². The highest BCUT2D eigenvalue weighted by Gasteiger charge is 2.47. The lowest BCUT2D eigenvalue weighted by molar-refractivity contribution is -0.133. The molecule has 1 aliphatic heterocycles. The van der Waals surface area contributed by atoms with Gasteiger partial charge in [-0.3, -0.25) is 4.79 Å². The maximum atomic E-state index is 12.5. The van der Waals surface area contributed by atoms with Crippen LogP contribution in [0.25, 0.3) is 0 Å². The fraction of sp³-hybridized carbons (Fsp3) is 0.533. The van der Waals surface area contributed by atoms with Crippen molar-refractivity contribution in [1.29, 1.82) is 0 Å². The Morgan fingerprint density at radius 3 is 3.05 bits per heavy atom. The van der Waals surface area contributed by atoms with Crippen LogP contribution in [0.1, 0.15) is 30.7 Å². The van der Waals surface area contributed by atoms with Gasteiger partial charge in [-0.15, -0.1) is 0 Å². The van der Waals surface area contributed by atoms with Crippen LogP contribution in [-0.4, -0.2) is 29.9 Å². The van der Waals surface area contributed by atoms with Gasteiger partial charge in [0.1, 0.15) is 0 Å². The van der Waals surface area contributed by atoms with Crippen LogP contribution in [0.5, 0.6) is 0 Å². The van der Waals surface area contributed by atoms with E-state index < -0.39 is 0 Å². The van der Waals surface area contributed by atoms with E-state index in [0.29, 0.717) is 12.5 Å². The second-order valence-electron chi connectivity index (χ2n) is 5.57. The summed E-state index contributed by atoms with van der Waals surface area (Å²) in [5.41, 5.74) is 6.93. The van der Waals surface area contributed by atoms with Gasteiger partial charge in [-0.2, -0.15) is 0 Å². The Labute approximate surface area is 118 Å². The monoisotopic (exact) mass is 278 g/mol. The number of carbonyl (C=O) groups excluding carboxylic acids is 1. The van der Waals surface area contributed by atoms with Crippen LogP contribution in [0.3, 0.4) is 0 Å². The molecule has 1 aromatic rings. The van der Waals surface area contributed by atoms with Gasteiger partial charge < -0.3 is 10.6 Å². The van der Waals surface area contributed by atoms with Crippen LogP contribution < -0.4 is 5.73 Å². The highest BCUT2D eigenvalue weighted by molar-refractivity contribution is 6.30. The topological polar surface area (TPSA) is 46.3 Å². The average Bonchev–Trinajstić information content (AvgIpc) is 3.07. The Morgan fingerprint density at radius 2 is 2.32 bits per heavy atom. The number of halogens is 1. The minimum atomic E-state index is 0.144. The van der Waals surface area contributed by atoms with Gasteiger partial charge in [0.25, 0.3) is 0 Å². The molecule has 102 valence electrons. The standard InChI is InChI=1S/C15H19ClN2O/c16-11-4-1-3-10(7-11)13-8-14(13)15(19)18-6-2-5-12(18)9-17/h1,3-4,7,12-14H,2,5-6,8-9,17H2. The van der Waals surface area contributed by atoms with Gasteiger partial charge in [-0.25, -0.2) is 0 Å². The molecule has 1 saturated carbocycles. The third-order valence-electron chi connectivity index (χ3n) is 4.32. The quantitative estimate of drug-likeness (QED) is 0.923. The summed E-state index contributed by atoms with van der Waals surface area (Å²) in [5.74, 6) is 0.786. The predicted octanol–water partition coefficient (Wildman–Crippen LogP) is 2.39. The molecule has 4 heteroatoms. The number of rotatable bonds is 3. The highest BCUT2D eigenvalue weighted by Crippen LogP contribution is 2.49. The number of hydrogen-bond acceptors (Lipinski definition) is 2. The van der Waals surface area contributed by atoms with E-state index in [1.165, 1.54) is 5.56 Å². The molecule has 1 amide bonds. The lowest BCUT2D eigenvalue weighted by Crippen LogP contribution is -2.40. The second-order valence-corrected chi connectivity index (χ2v) is 6.00. The molecule has 19 heavy (non-hydrogen) atoms. The molecular weight excluding hydrogens is 260 g/mol. The van der Waals surface area contributed by atoms with Crippen LogP contribution >= 0.6 is 11.6 Å². The van der Waals surface area contributed by atoms with Crippen molar-refractivity contribution in [2.24, 2.45) is 11.7 Å². The summed E-state index contributed by atoms with van der Waals surface area (Å²) < 4.78 is 0. The first-order valence-corrected chi connectivity index (χ1v) is 7.34. The van der Waals surface area contributed by atoms with Crippen LogP contribution in [0.4, 0.5) is 0 Å². The normalized spacial score (nSPS) is 29.6. The number of carbonyl (C=O) groups is 1. The molecule has 0 radical (unpaired) electrons. The van der Waals surface area contributed by atoms with Crippen molar-refractivity contribution in [1.82, 2.24) is 4.90 Å². The minimum absolute atomic E-state index is 0.144. The summed E-state index contributed by atoms with van der Waals surface area (Å²) in [7, 11) is 0. The Bertz CT molecular complexity index is 491. The molecule has 3 rings (SSSR count). The Morgan fingerprint density at radius 1 is 1.47 bits per heavy atom. The van der Waals surface area contributed by atoms with Crippen molar-refractivity contribution < 1.29 is 4.79 Å². The molecule has 1 aliphatic carbocycles. The first kappa shape index (κ1) is 12.9. The molecule has 1 aromatic carbocycles. The maximum absolute atomic E-state index is 12.5. The van der Waals surface area contributed by atoms with E-state index in [4.69, 9.17) is 17.3 Å². The van der Waals surface area contributed by atoms with Crippen molar-refractivity contribution in [3.05, 3.63) is 34.9 Å². The SMILES string of the molecule is NCC1CCCN1C(=O)C1CC1c1cccc(Cl)c1.